The third kappa shape index (κ3) is 10.2. The molecule has 34 heavy (non-hydrogen) atoms. The average Bonchev–Trinajstić information content (AvgIpc) is 2.85. The highest BCUT2D eigenvalue weighted by Gasteiger charge is 2.11. The first kappa shape index (κ1) is 25.7. The molecule has 2 N–H and O–H groups in total. The molecule has 0 unspecified atom stereocenters. The molecule has 7 nitrogen and oxygen atoms in total. The number of Topliss-reactive ketones (excluding diaryl/α,β-unsaturated/α-hetero) is 1. The monoisotopic (exact) mass is 459 g/mol. The molecule has 0 amide bonds. The molecule has 0 aliphatic carbocycles. The second kappa shape index (κ2) is 14.5. The Kier molecular flexibility index (Phi) is 11.0. The molecular formula is C27H25NO6. The van der Waals surface area contributed by atoms with Crippen molar-refractivity contribution in [3.05, 3.63) is 114 Å². The lowest BCUT2D eigenvalue weighted by Crippen LogP contribution is -2.16. The molecule has 0 spiro atoms. The highest BCUT2D eigenvalue weighted by Crippen LogP contribution is 2.03. The molecular weight excluding hydrogens is 434 g/mol. The molecule has 0 heterocycles. The van der Waals surface area contributed by atoms with E-state index in [9.17, 15) is 14.4 Å². The van der Waals surface area contributed by atoms with Crippen LogP contribution in [0.15, 0.2) is 102 Å². The van der Waals surface area contributed by atoms with Gasteiger partial charge in [0.25, 0.3) is 0 Å². The van der Waals surface area contributed by atoms with Crippen LogP contribution < -0.4 is 0 Å². The van der Waals surface area contributed by atoms with Gasteiger partial charge in [0.2, 0.25) is 5.78 Å². The number of carboxylic acid groups (broad SMARTS) is 2. The Morgan fingerprint density at radius 2 is 1.21 bits per heavy atom. The van der Waals surface area contributed by atoms with Gasteiger partial charge in [-0.25, -0.2) is 9.59 Å². The standard InChI is InChI=1S/C18H17NO3.C9H8O3/c20-18(21)17(14-16-10-5-2-6-11-16)19-22-13-7-12-15-8-3-1-4-9-15;10-8(9(11)12)6-7-4-2-1-3-5-7/h1-12H,13-14H2,(H,20,21);1-5H,6H2,(H,11,12)/b12-7+,19-17-;. The average molecular weight is 459 g/mol. The third-order valence-electron chi connectivity index (χ3n) is 4.36. The topological polar surface area (TPSA) is 113 Å². The van der Waals surface area contributed by atoms with E-state index in [0.717, 1.165) is 16.7 Å². The van der Waals surface area contributed by atoms with E-state index in [1.807, 2.05) is 72.8 Å². The summed E-state index contributed by atoms with van der Waals surface area (Å²) in [7, 11) is 0. The van der Waals surface area contributed by atoms with E-state index in [1.54, 1.807) is 30.3 Å². The number of ketones is 1. The Hall–Kier alpha value is -4.52. The number of carbonyl (C=O) groups excluding carboxylic acids is 1. The number of oxime groups is 1. The van der Waals surface area contributed by atoms with Crippen molar-refractivity contribution in [2.45, 2.75) is 12.8 Å². The highest BCUT2D eigenvalue weighted by atomic mass is 16.6. The highest BCUT2D eigenvalue weighted by molar-refractivity contribution is 6.36. The van der Waals surface area contributed by atoms with Crippen LogP contribution in [0.5, 0.6) is 0 Å². The second-order valence-corrected chi connectivity index (χ2v) is 7.01. The number of hydrogen-bond acceptors (Lipinski definition) is 5. The van der Waals surface area contributed by atoms with Gasteiger partial charge in [0, 0.05) is 12.8 Å². The van der Waals surface area contributed by atoms with Crippen LogP contribution in [-0.2, 0) is 32.1 Å². The summed E-state index contributed by atoms with van der Waals surface area (Å²) < 4.78 is 0. The summed E-state index contributed by atoms with van der Waals surface area (Å²) in [6, 6.07) is 27.9. The van der Waals surface area contributed by atoms with Crippen LogP contribution in [0.4, 0.5) is 0 Å². The van der Waals surface area contributed by atoms with Crippen molar-refractivity contribution in [2.75, 3.05) is 6.61 Å². The van der Waals surface area contributed by atoms with Crippen molar-refractivity contribution in [3.63, 3.8) is 0 Å². The van der Waals surface area contributed by atoms with Crippen molar-refractivity contribution < 1.29 is 29.4 Å². The smallest absolute Gasteiger partial charge is 0.372 e. The van der Waals surface area contributed by atoms with Crippen molar-refractivity contribution >= 4 is 29.5 Å². The van der Waals surface area contributed by atoms with Gasteiger partial charge in [-0.2, -0.15) is 0 Å². The van der Waals surface area contributed by atoms with Crippen LogP contribution in [-0.4, -0.2) is 40.3 Å². The van der Waals surface area contributed by atoms with Crippen LogP contribution in [0.2, 0.25) is 0 Å². The first-order chi connectivity index (χ1) is 16.5. The number of carbonyl (C=O) groups is 3. The molecule has 0 aliphatic heterocycles. The number of hydrogen-bond donors (Lipinski definition) is 2. The van der Waals surface area contributed by atoms with Crippen LogP contribution in [0.3, 0.4) is 0 Å². The fourth-order valence-corrected chi connectivity index (χ4v) is 2.70. The van der Waals surface area contributed by atoms with Gasteiger partial charge in [-0.05, 0) is 22.8 Å². The molecule has 7 heteroatoms. The number of aliphatic carboxylic acids is 2. The molecule has 174 valence electrons. The first-order valence-electron chi connectivity index (χ1n) is 10.4. The van der Waals surface area contributed by atoms with Gasteiger partial charge in [0.05, 0.1) is 0 Å². The van der Waals surface area contributed by atoms with E-state index >= 15 is 0 Å². The minimum atomic E-state index is -1.38. The fraction of sp³-hybridized carbons (Fsp3) is 0.111. The summed E-state index contributed by atoms with van der Waals surface area (Å²) in [4.78, 5) is 37.1. The van der Waals surface area contributed by atoms with Crippen LogP contribution in [0.25, 0.3) is 6.08 Å². The van der Waals surface area contributed by atoms with Gasteiger partial charge in [-0.15, -0.1) is 0 Å². The lowest BCUT2D eigenvalue weighted by molar-refractivity contribution is -0.148. The first-order valence-corrected chi connectivity index (χ1v) is 10.4. The van der Waals surface area contributed by atoms with Gasteiger partial charge >= 0.3 is 11.9 Å². The van der Waals surface area contributed by atoms with Gasteiger partial charge in [-0.1, -0.05) is 102 Å². The molecule has 0 fully saturated rings. The summed E-state index contributed by atoms with van der Waals surface area (Å²) in [6.07, 6.45) is 3.89. The number of nitrogens with zero attached hydrogens (tertiary/aromatic N) is 1. The van der Waals surface area contributed by atoms with Gasteiger partial charge in [0.15, 0.2) is 5.71 Å². The van der Waals surface area contributed by atoms with Crippen molar-refractivity contribution in [3.8, 4) is 0 Å². The predicted molar refractivity (Wildman–Crippen MR) is 129 cm³/mol. The Balaban J connectivity index is 0.000000287. The van der Waals surface area contributed by atoms with Crippen molar-refractivity contribution in [1.82, 2.24) is 0 Å². The quantitative estimate of drug-likeness (QED) is 0.202. The lowest BCUT2D eigenvalue weighted by Gasteiger charge is -2.02. The van der Waals surface area contributed by atoms with Gasteiger partial charge in [-0.3, -0.25) is 4.79 Å². The molecule has 0 aromatic heterocycles. The summed E-state index contributed by atoms with van der Waals surface area (Å²) in [6.45, 7) is 0.223. The zero-order valence-electron chi connectivity index (χ0n) is 18.4. The van der Waals surface area contributed by atoms with E-state index < -0.39 is 17.7 Å². The maximum atomic E-state index is 11.2. The van der Waals surface area contributed by atoms with E-state index in [1.165, 1.54) is 0 Å². The second-order valence-electron chi connectivity index (χ2n) is 7.01. The Bertz CT molecular complexity index is 1110. The van der Waals surface area contributed by atoms with Crippen LogP contribution in [0, 0.1) is 0 Å². The summed E-state index contributed by atoms with van der Waals surface area (Å²) >= 11 is 0. The number of benzene rings is 3. The van der Waals surface area contributed by atoms with Gasteiger partial charge in [0.1, 0.15) is 6.61 Å². The van der Waals surface area contributed by atoms with Crippen molar-refractivity contribution in [2.24, 2.45) is 5.16 Å². The zero-order chi connectivity index (χ0) is 24.6. The number of rotatable bonds is 10. The molecule has 3 aromatic carbocycles. The minimum absolute atomic E-state index is 0.0145. The summed E-state index contributed by atoms with van der Waals surface area (Å²) in [5, 5.41) is 21.1. The van der Waals surface area contributed by atoms with E-state index in [0.29, 0.717) is 0 Å². The Morgan fingerprint density at radius 1 is 0.706 bits per heavy atom. The fourth-order valence-electron chi connectivity index (χ4n) is 2.70. The molecule has 0 radical (unpaired) electrons. The Morgan fingerprint density at radius 3 is 1.71 bits per heavy atom. The normalized spacial score (nSPS) is 10.8. The van der Waals surface area contributed by atoms with E-state index in [-0.39, 0.29) is 25.2 Å². The van der Waals surface area contributed by atoms with E-state index in [2.05, 4.69) is 5.16 Å². The summed E-state index contributed by atoms with van der Waals surface area (Å²) in [5.41, 5.74) is 2.65. The zero-order valence-corrected chi connectivity index (χ0v) is 18.4. The maximum absolute atomic E-state index is 11.2. The summed E-state index contributed by atoms with van der Waals surface area (Å²) in [5.74, 6) is -3.23. The van der Waals surface area contributed by atoms with Gasteiger partial charge < -0.3 is 15.1 Å². The van der Waals surface area contributed by atoms with Crippen molar-refractivity contribution in [1.29, 1.82) is 0 Å². The molecule has 3 rings (SSSR count). The third-order valence-corrected chi connectivity index (χ3v) is 4.36. The maximum Gasteiger partial charge on any atom is 0.372 e. The molecule has 0 saturated carbocycles. The molecule has 0 aliphatic rings. The number of carboxylic acids is 2. The Labute approximate surface area is 197 Å². The van der Waals surface area contributed by atoms with Crippen LogP contribution in [0.1, 0.15) is 16.7 Å². The van der Waals surface area contributed by atoms with E-state index in [4.69, 9.17) is 15.1 Å². The molecule has 3 aromatic rings. The lowest BCUT2D eigenvalue weighted by atomic mass is 10.1. The van der Waals surface area contributed by atoms with Crippen LogP contribution >= 0.6 is 0 Å². The largest absolute Gasteiger partial charge is 0.477 e. The molecule has 0 bridgehead atoms. The minimum Gasteiger partial charge on any atom is -0.477 e. The molecule has 0 saturated heterocycles. The SMILES string of the molecule is O=C(O)/C(Cc1ccccc1)=N\OC/C=C/c1ccccc1.O=C(O)C(=O)Cc1ccccc1. The molecule has 0 atom stereocenters. The predicted octanol–water partition coefficient (Wildman–Crippen LogP) is 4.28.